The molecule has 2 aromatic heterocycles. The fourth-order valence-electron chi connectivity index (χ4n) is 1.68. The van der Waals surface area contributed by atoms with Crippen LogP contribution in [-0.4, -0.2) is 14.8 Å². The molecule has 0 bridgehead atoms. The molecule has 0 aliphatic rings. The molecule has 0 spiro atoms. The molecule has 0 aliphatic carbocycles. The molecule has 0 aliphatic heterocycles. The first-order valence-electron chi connectivity index (χ1n) is 5.47. The first-order chi connectivity index (χ1) is 8.08. The smallest absolute Gasteiger partial charge is 0.169 e. The summed E-state index contributed by atoms with van der Waals surface area (Å²) in [4.78, 5) is 4.23. The van der Waals surface area contributed by atoms with E-state index in [-0.39, 0.29) is 12.1 Å². The van der Waals surface area contributed by atoms with Gasteiger partial charge in [-0.3, -0.25) is 0 Å². The van der Waals surface area contributed by atoms with Crippen LogP contribution in [0.15, 0.2) is 27.5 Å². The average molecular weight is 299 g/mol. The van der Waals surface area contributed by atoms with Gasteiger partial charge in [0, 0.05) is 12.5 Å². The maximum atomic E-state index is 6.07. The van der Waals surface area contributed by atoms with Gasteiger partial charge >= 0.3 is 0 Å². The summed E-state index contributed by atoms with van der Waals surface area (Å²) in [6, 6.07) is 3.78. The third-order valence-electron chi connectivity index (χ3n) is 2.50. The van der Waals surface area contributed by atoms with Crippen LogP contribution in [0.25, 0.3) is 0 Å². The summed E-state index contributed by atoms with van der Waals surface area (Å²) in [5, 5.41) is 4.18. The van der Waals surface area contributed by atoms with Crippen molar-refractivity contribution in [2.45, 2.75) is 32.4 Å². The lowest BCUT2D eigenvalue weighted by molar-refractivity contribution is 0.431. The molecule has 2 heterocycles. The van der Waals surface area contributed by atoms with Crippen molar-refractivity contribution in [3.05, 3.63) is 34.7 Å². The minimum absolute atomic E-state index is 0.206. The lowest BCUT2D eigenvalue weighted by atomic mass is 10.1. The molecule has 0 amide bonds. The van der Waals surface area contributed by atoms with Crippen LogP contribution in [-0.2, 0) is 6.42 Å². The van der Waals surface area contributed by atoms with Crippen molar-refractivity contribution in [3.63, 3.8) is 0 Å². The number of hydrogen-bond acceptors (Lipinski definition) is 4. The molecular weight excluding hydrogens is 284 g/mol. The van der Waals surface area contributed by atoms with Crippen molar-refractivity contribution >= 4 is 15.9 Å². The number of halogens is 1. The Hall–Kier alpha value is -1.14. The van der Waals surface area contributed by atoms with Crippen LogP contribution in [0.2, 0.25) is 0 Å². The predicted molar refractivity (Wildman–Crippen MR) is 67.4 cm³/mol. The molecule has 1 atom stereocenters. The standard InChI is InChI=1S/C11H15BrN4O/c1-7(2)16-11(14-6-15-16)5-8(13)9-3-4-10(12)17-9/h3-4,6-8H,5,13H2,1-2H3. The molecule has 92 valence electrons. The van der Waals surface area contributed by atoms with Gasteiger partial charge in [0.25, 0.3) is 0 Å². The quantitative estimate of drug-likeness (QED) is 0.941. The second-order valence-electron chi connectivity index (χ2n) is 4.17. The maximum absolute atomic E-state index is 6.07. The van der Waals surface area contributed by atoms with E-state index in [0.717, 1.165) is 11.6 Å². The maximum Gasteiger partial charge on any atom is 0.169 e. The molecule has 2 aromatic rings. The van der Waals surface area contributed by atoms with Crippen molar-refractivity contribution < 1.29 is 4.42 Å². The number of hydrogen-bond donors (Lipinski definition) is 1. The summed E-state index contributed by atoms with van der Waals surface area (Å²) in [6.45, 7) is 4.13. The Morgan fingerprint density at radius 3 is 2.82 bits per heavy atom. The van der Waals surface area contributed by atoms with Crippen molar-refractivity contribution in [2.24, 2.45) is 5.73 Å². The molecule has 0 fully saturated rings. The fraction of sp³-hybridized carbons (Fsp3) is 0.455. The number of furan rings is 1. The zero-order chi connectivity index (χ0) is 12.4. The van der Waals surface area contributed by atoms with Gasteiger partial charge in [-0.05, 0) is 41.9 Å². The van der Waals surface area contributed by atoms with E-state index in [1.807, 2.05) is 16.8 Å². The summed E-state index contributed by atoms with van der Waals surface area (Å²) in [5.41, 5.74) is 6.07. The van der Waals surface area contributed by atoms with E-state index in [1.165, 1.54) is 0 Å². The second kappa shape index (κ2) is 5.01. The monoisotopic (exact) mass is 298 g/mol. The van der Waals surface area contributed by atoms with E-state index in [4.69, 9.17) is 10.2 Å². The highest BCUT2D eigenvalue weighted by Crippen LogP contribution is 2.21. The minimum atomic E-state index is -0.206. The summed E-state index contributed by atoms with van der Waals surface area (Å²) in [6.07, 6.45) is 2.16. The molecule has 0 aromatic carbocycles. The van der Waals surface area contributed by atoms with Crippen LogP contribution >= 0.6 is 15.9 Å². The van der Waals surface area contributed by atoms with E-state index in [9.17, 15) is 0 Å². The average Bonchev–Trinajstić information content (AvgIpc) is 2.86. The molecule has 6 heteroatoms. The van der Waals surface area contributed by atoms with Gasteiger partial charge in [0.2, 0.25) is 0 Å². The van der Waals surface area contributed by atoms with Crippen LogP contribution in [0.5, 0.6) is 0 Å². The van der Waals surface area contributed by atoms with Crippen LogP contribution in [0.3, 0.4) is 0 Å². The SMILES string of the molecule is CC(C)n1ncnc1CC(N)c1ccc(Br)o1. The Bertz CT molecular complexity index is 491. The largest absolute Gasteiger partial charge is 0.453 e. The lowest BCUT2D eigenvalue weighted by Crippen LogP contribution is -2.17. The van der Waals surface area contributed by atoms with E-state index in [1.54, 1.807) is 6.33 Å². The van der Waals surface area contributed by atoms with Crippen molar-refractivity contribution in [2.75, 3.05) is 0 Å². The van der Waals surface area contributed by atoms with Crippen molar-refractivity contribution in [3.8, 4) is 0 Å². The highest BCUT2D eigenvalue weighted by Gasteiger charge is 2.16. The van der Waals surface area contributed by atoms with Gasteiger partial charge in [0.15, 0.2) is 4.67 Å². The van der Waals surface area contributed by atoms with Gasteiger partial charge in [0.05, 0.1) is 6.04 Å². The predicted octanol–water partition coefficient (Wildman–Crippen LogP) is 2.46. The van der Waals surface area contributed by atoms with Crippen LogP contribution in [0, 0.1) is 0 Å². The number of nitrogens with two attached hydrogens (primary N) is 1. The third-order valence-corrected chi connectivity index (χ3v) is 2.92. The molecule has 2 N–H and O–H groups in total. The molecule has 1 unspecified atom stereocenters. The Kier molecular flexibility index (Phi) is 3.63. The Labute approximate surface area is 108 Å². The van der Waals surface area contributed by atoms with Crippen molar-refractivity contribution in [1.29, 1.82) is 0 Å². The molecule has 0 saturated heterocycles. The summed E-state index contributed by atoms with van der Waals surface area (Å²) in [7, 11) is 0. The molecular formula is C11H15BrN4O. The minimum Gasteiger partial charge on any atom is -0.453 e. The summed E-state index contributed by atoms with van der Waals surface area (Å²) < 4.78 is 7.99. The topological polar surface area (TPSA) is 69.9 Å². The summed E-state index contributed by atoms with van der Waals surface area (Å²) in [5.74, 6) is 1.62. The first kappa shape index (κ1) is 12.3. The Morgan fingerprint density at radius 1 is 1.47 bits per heavy atom. The van der Waals surface area contributed by atoms with E-state index in [2.05, 4.69) is 39.9 Å². The van der Waals surface area contributed by atoms with Gasteiger partial charge < -0.3 is 10.2 Å². The van der Waals surface area contributed by atoms with E-state index >= 15 is 0 Å². The highest BCUT2D eigenvalue weighted by molar-refractivity contribution is 9.10. The molecule has 17 heavy (non-hydrogen) atoms. The Balaban J connectivity index is 2.13. The molecule has 5 nitrogen and oxygen atoms in total. The third kappa shape index (κ3) is 2.76. The lowest BCUT2D eigenvalue weighted by Gasteiger charge is -2.12. The first-order valence-corrected chi connectivity index (χ1v) is 6.26. The Morgan fingerprint density at radius 2 is 2.24 bits per heavy atom. The van der Waals surface area contributed by atoms with Gasteiger partial charge in [-0.1, -0.05) is 0 Å². The summed E-state index contributed by atoms with van der Waals surface area (Å²) >= 11 is 3.26. The van der Waals surface area contributed by atoms with Crippen LogP contribution in [0.4, 0.5) is 0 Å². The normalized spacial score (nSPS) is 13.2. The van der Waals surface area contributed by atoms with Crippen molar-refractivity contribution in [1.82, 2.24) is 14.8 Å². The molecule has 0 radical (unpaired) electrons. The second-order valence-corrected chi connectivity index (χ2v) is 4.95. The number of rotatable bonds is 4. The van der Waals surface area contributed by atoms with Gasteiger partial charge in [0.1, 0.15) is 17.9 Å². The highest BCUT2D eigenvalue weighted by atomic mass is 79.9. The zero-order valence-electron chi connectivity index (χ0n) is 9.80. The van der Waals surface area contributed by atoms with Gasteiger partial charge in [-0.25, -0.2) is 9.67 Å². The fourth-order valence-corrected chi connectivity index (χ4v) is 2.00. The van der Waals surface area contributed by atoms with Gasteiger partial charge in [-0.2, -0.15) is 5.10 Å². The van der Waals surface area contributed by atoms with Gasteiger partial charge in [-0.15, -0.1) is 0 Å². The molecule has 0 saturated carbocycles. The van der Waals surface area contributed by atoms with E-state index in [0.29, 0.717) is 11.1 Å². The number of aromatic nitrogens is 3. The van der Waals surface area contributed by atoms with E-state index < -0.39 is 0 Å². The van der Waals surface area contributed by atoms with Crippen LogP contribution < -0.4 is 5.73 Å². The number of nitrogens with zero attached hydrogens (tertiary/aromatic N) is 3. The van der Waals surface area contributed by atoms with Crippen LogP contribution in [0.1, 0.15) is 37.5 Å². The zero-order valence-corrected chi connectivity index (χ0v) is 11.4. The molecule has 2 rings (SSSR count).